The number of piperidine rings is 1. The molecule has 2 heterocycles. The lowest BCUT2D eigenvalue weighted by Gasteiger charge is -2.27. The van der Waals surface area contributed by atoms with Crippen LogP contribution in [-0.2, 0) is 6.61 Å². The van der Waals surface area contributed by atoms with Crippen LogP contribution in [0.1, 0.15) is 39.9 Å². The minimum atomic E-state index is -0.164. The number of aliphatic hydroxyl groups excluding tert-OH is 1. The molecule has 1 saturated heterocycles. The molecule has 0 unspecified atom stereocenters. The van der Waals surface area contributed by atoms with Crippen molar-refractivity contribution in [1.82, 2.24) is 10.2 Å². The summed E-state index contributed by atoms with van der Waals surface area (Å²) in [5.74, 6) is 0.731. The lowest BCUT2D eigenvalue weighted by molar-refractivity contribution is 0.0944. The molecule has 5 heteroatoms. The summed E-state index contributed by atoms with van der Waals surface area (Å²) in [6.45, 7) is 2.74. The van der Waals surface area contributed by atoms with Gasteiger partial charge in [-0.3, -0.25) is 4.79 Å². The third kappa shape index (κ3) is 3.68. The normalized spacial score (nSPS) is 16.6. The van der Waals surface area contributed by atoms with E-state index in [0.29, 0.717) is 12.2 Å². The summed E-state index contributed by atoms with van der Waals surface area (Å²) in [5, 5.41) is 11.7. The van der Waals surface area contributed by atoms with E-state index >= 15 is 0 Å². The zero-order chi connectivity index (χ0) is 19.5. The lowest BCUT2D eigenvalue weighted by atomic mass is 9.86. The first-order valence-corrected chi connectivity index (χ1v) is 9.82. The van der Waals surface area contributed by atoms with Crippen molar-refractivity contribution in [2.75, 3.05) is 33.3 Å². The number of rotatable bonds is 3. The second-order valence-electron chi connectivity index (χ2n) is 7.42. The number of benzene rings is 2. The molecule has 2 aliphatic rings. The third-order valence-corrected chi connectivity index (χ3v) is 5.52. The van der Waals surface area contributed by atoms with E-state index in [2.05, 4.69) is 23.3 Å². The number of fused-ring (bicyclic) bond motifs is 2. The summed E-state index contributed by atoms with van der Waals surface area (Å²) in [4.78, 5) is 14.8. The molecule has 2 aromatic carbocycles. The van der Waals surface area contributed by atoms with Gasteiger partial charge in [-0.15, -0.1) is 0 Å². The van der Waals surface area contributed by atoms with E-state index < -0.39 is 0 Å². The van der Waals surface area contributed by atoms with E-state index in [9.17, 15) is 4.79 Å². The van der Waals surface area contributed by atoms with Gasteiger partial charge in [0, 0.05) is 30.8 Å². The molecular weight excluding hydrogens is 352 g/mol. The Kier molecular flexibility index (Phi) is 5.46. The highest BCUT2D eigenvalue weighted by Crippen LogP contribution is 2.41. The van der Waals surface area contributed by atoms with E-state index in [1.807, 2.05) is 36.4 Å². The van der Waals surface area contributed by atoms with Gasteiger partial charge in [0.1, 0.15) is 12.4 Å². The van der Waals surface area contributed by atoms with E-state index in [-0.39, 0.29) is 19.1 Å². The molecule has 2 aliphatic heterocycles. The molecule has 1 amide bonds. The number of para-hydroxylation sites is 1. The third-order valence-electron chi connectivity index (χ3n) is 5.52. The minimum Gasteiger partial charge on any atom is -0.488 e. The molecule has 28 heavy (non-hydrogen) atoms. The number of likely N-dealkylation sites (tertiary alicyclic amines) is 1. The van der Waals surface area contributed by atoms with Crippen molar-refractivity contribution in [3.8, 4) is 5.75 Å². The minimum absolute atomic E-state index is 0.0687. The average molecular weight is 378 g/mol. The van der Waals surface area contributed by atoms with Gasteiger partial charge < -0.3 is 20.1 Å². The molecule has 0 spiro atoms. The smallest absolute Gasteiger partial charge is 0.251 e. The zero-order valence-corrected chi connectivity index (χ0v) is 16.2. The van der Waals surface area contributed by atoms with Crippen LogP contribution in [0.25, 0.3) is 5.57 Å². The van der Waals surface area contributed by atoms with E-state index in [0.717, 1.165) is 48.4 Å². The summed E-state index contributed by atoms with van der Waals surface area (Å²) in [6, 6.07) is 14.0. The molecule has 1 fully saturated rings. The zero-order valence-electron chi connectivity index (χ0n) is 16.2. The van der Waals surface area contributed by atoms with Gasteiger partial charge >= 0.3 is 0 Å². The molecule has 146 valence electrons. The summed E-state index contributed by atoms with van der Waals surface area (Å²) in [6.07, 6.45) is 2.03. The number of amides is 1. The molecular formula is C23H26N2O3. The number of nitrogens with one attached hydrogen (secondary N) is 1. The standard InChI is InChI=1S/C23H26N2O3/c1-25-11-8-16(9-12-25)22-19-4-2-3-5-21(19)28-15-18-7-6-17(14-20(18)22)23(27)24-10-13-26/h2-7,14,26H,8-13,15H2,1H3,(H,24,27). The number of hydrogen-bond donors (Lipinski definition) is 2. The first-order chi connectivity index (χ1) is 13.7. The fraction of sp³-hybridized carbons (Fsp3) is 0.348. The van der Waals surface area contributed by atoms with E-state index in [1.54, 1.807) is 0 Å². The number of carbonyl (C=O) groups is 1. The fourth-order valence-electron chi connectivity index (χ4n) is 3.97. The van der Waals surface area contributed by atoms with Crippen molar-refractivity contribution in [2.45, 2.75) is 19.4 Å². The number of aliphatic hydroxyl groups is 1. The summed E-state index contributed by atoms with van der Waals surface area (Å²) < 4.78 is 6.10. The van der Waals surface area contributed by atoms with Crippen molar-refractivity contribution in [1.29, 1.82) is 0 Å². The van der Waals surface area contributed by atoms with Gasteiger partial charge in [-0.2, -0.15) is 0 Å². The second-order valence-corrected chi connectivity index (χ2v) is 7.42. The van der Waals surface area contributed by atoms with Crippen molar-refractivity contribution in [2.24, 2.45) is 0 Å². The van der Waals surface area contributed by atoms with Crippen molar-refractivity contribution in [3.63, 3.8) is 0 Å². The largest absolute Gasteiger partial charge is 0.488 e. The monoisotopic (exact) mass is 378 g/mol. The Morgan fingerprint density at radius 3 is 2.71 bits per heavy atom. The predicted octanol–water partition coefficient (Wildman–Crippen LogP) is 2.83. The molecule has 0 radical (unpaired) electrons. The van der Waals surface area contributed by atoms with Crippen LogP contribution >= 0.6 is 0 Å². The highest BCUT2D eigenvalue weighted by Gasteiger charge is 2.25. The maximum atomic E-state index is 12.5. The number of ether oxygens (including phenoxy) is 1. The van der Waals surface area contributed by atoms with Crippen LogP contribution in [0.5, 0.6) is 5.75 Å². The van der Waals surface area contributed by atoms with Crippen LogP contribution < -0.4 is 10.1 Å². The summed E-state index contributed by atoms with van der Waals surface area (Å²) in [5.41, 5.74) is 6.53. The van der Waals surface area contributed by atoms with E-state index in [1.165, 1.54) is 11.1 Å². The second kappa shape index (κ2) is 8.17. The Morgan fingerprint density at radius 2 is 1.93 bits per heavy atom. The SMILES string of the molecule is CN1CCC(=C2c3cc(C(=O)NCCO)ccc3COc3ccccc32)CC1. The summed E-state index contributed by atoms with van der Waals surface area (Å²) >= 11 is 0. The highest BCUT2D eigenvalue weighted by atomic mass is 16.5. The molecule has 0 aromatic heterocycles. The molecule has 0 bridgehead atoms. The van der Waals surface area contributed by atoms with Crippen LogP contribution in [0.4, 0.5) is 0 Å². The number of nitrogens with zero attached hydrogens (tertiary/aromatic N) is 1. The lowest BCUT2D eigenvalue weighted by Crippen LogP contribution is -2.27. The Morgan fingerprint density at radius 1 is 1.14 bits per heavy atom. The average Bonchev–Trinajstić information content (AvgIpc) is 2.89. The van der Waals surface area contributed by atoms with Crippen molar-refractivity contribution >= 4 is 11.5 Å². The molecule has 0 aliphatic carbocycles. The highest BCUT2D eigenvalue weighted by molar-refractivity contribution is 5.97. The Bertz CT molecular complexity index is 910. The van der Waals surface area contributed by atoms with Crippen LogP contribution in [0.2, 0.25) is 0 Å². The first-order valence-electron chi connectivity index (χ1n) is 9.82. The van der Waals surface area contributed by atoms with Gasteiger partial charge in [0.15, 0.2) is 0 Å². The fourth-order valence-corrected chi connectivity index (χ4v) is 3.97. The van der Waals surface area contributed by atoms with Gasteiger partial charge in [0.05, 0.1) is 6.61 Å². The maximum Gasteiger partial charge on any atom is 0.251 e. The van der Waals surface area contributed by atoms with Gasteiger partial charge in [0.25, 0.3) is 5.91 Å². The summed E-state index contributed by atoms with van der Waals surface area (Å²) in [7, 11) is 2.16. The van der Waals surface area contributed by atoms with E-state index in [4.69, 9.17) is 9.84 Å². The molecule has 4 rings (SSSR count). The number of hydrogen-bond acceptors (Lipinski definition) is 4. The van der Waals surface area contributed by atoms with Crippen molar-refractivity contribution in [3.05, 3.63) is 70.3 Å². The van der Waals surface area contributed by atoms with Gasteiger partial charge in [-0.05, 0) is 54.8 Å². The van der Waals surface area contributed by atoms with Crippen LogP contribution in [0.15, 0.2) is 48.0 Å². The molecule has 5 nitrogen and oxygen atoms in total. The van der Waals surface area contributed by atoms with Gasteiger partial charge in [0.2, 0.25) is 0 Å². The predicted molar refractivity (Wildman–Crippen MR) is 109 cm³/mol. The molecule has 0 saturated carbocycles. The first kappa shape index (κ1) is 18.7. The Labute approximate surface area is 165 Å². The quantitative estimate of drug-likeness (QED) is 0.862. The van der Waals surface area contributed by atoms with Crippen molar-refractivity contribution < 1.29 is 14.6 Å². The van der Waals surface area contributed by atoms with Gasteiger partial charge in [-0.25, -0.2) is 0 Å². The molecule has 0 atom stereocenters. The molecule has 2 aromatic rings. The van der Waals surface area contributed by atoms with Gasteiger partial charge in [-0.1, -0.05) is 29.8 Å². The maximum absolute atomic E-state index is 12.5. The Hall–Kier alpha value is -2.63. The molecule has 2 N–H and O–H groups in total. The van der Waals surface area contributed by atoms with Crippen LogP contribution in [-0.4, -0.2) is 49.2 Å². The topological polar surface area (TPSA) is 61.8 Å². The Balaban J connectivity index is 1.84. The van der Waals surface area contributed by atoms with Crippen LogP contribution in [0, 0.1) is 0 Å². The van der Waals surface area contributed by atoms with Crippen LogP contribution in [0.3, 0.4) is 0 Å². The number of carbonyl (C=O) groups excluding carboxylic acids is 1.